The molecule has 6 heteroatoms. The number of nitrogens with two attached hydrogens (primary N) is 1. The standard InChI is InChI=1S/C15H12N2O2S2/c16-14-12(3-4-13-15(14)17-8-20-13)21-9-1-2-10-11(7-9)19-6-5-18-10/h1-4,7-8H,5-6,16H2. The Bertz CT molecular complexity index is 817. The van der Waals surface area contributed by atoms with Crippen molar-refractivity contribution in [1.82, 2.24) is 4.98 Å². The zero-order valence-electron chi connectivity index (χ0n) is 11.0. The van der Waals surface area contributed by atoms with Crippen LogP contribution < -0.4 is 15.2 Å². The molecule has 0 radical (unpaired) electrons. The van der Waals surface area contributed by atoms with Crippen LogP contribution in [-0.2, 0) is 0 Å². The first kappa shape index (κ1) is 12.8. The fraction of sp³-hybridized carbons (Fsp3) is 0.133. The second-order valence-electron chi connectivity index (χ2n) is 4.58. The smallest absolute Gasteiger partial charge is 0.162 e. The van der Waals surface area contributed by atoms with Crippen molar-refractivity contribution in [3.8, 4) is 11.5 Å². The Balaban J connectivity index is 1.69. The first-order valence-corrected chi connectivity index (χ1v) is 8.20. The summed E-state index contributed by atoms with van der Waals surface area (Å²) < 4.78 is 12.3. The summed E-state index contributed by atoms with van der Waals surface area (Å²) in [6.07, 6.45) is 0. The van der Waals surface area contributed by atoms with E-state index < -0.39 is 0 Å². The number of aromatic nitrogens is 1. The summed E-state index contributed by atoms with van der Waals surface area (Å²) in [5, 5.41) is 0. The van der Waals surface area contributed by atoms with E-state index in [4.69, 9.17) is 15.2 Å². The Labute approximate surface area is 129 Å². The van der Waals surface area contributed by atoms with Crippen molar-refractivity contribution in [1.29, 1.82) is 0 Å². The number of hydrogen-bond acceptors (Lipinski definition) is 6. The highest BCUT2D eigenvalue weighted by atomic mass is 32.2. The van der Waals surface area contributed by atoms with E-state index in [0.29, 0.717) is 13.2 Å². The molecule has 0 aliphatic carbocycles. The van der Waals surface area contributed by atoms with Gasteiger partial charge in [0.2, 0.25) is 0 Å². The average molecular weight is 316 g/mol. The van der Waals surface area contributed by atoms with Crippen LogP contribution in [0.1, 0.15) is 0 Å². The van der Waals surface area contributed by atoms with Gasteiger partial charge in [0.1, 0.15) is 18.7 Å². The zero-order chi connectivity index (χ0) is 14.2. The zero-order valence-corrected chi connectivity index (χ0v) is 12.7. The molecule has 0 amide bonds. The van der Waals surface area contributed by atoms with Gasteiger partial charge in [0.25, 0.3) is 0 Å². The van der Waals surface area contributed by atoms with E-state index >= 15 is 0 Å². The third-order valence-corrected chi connectivity index (χ3v) is 5.10. The topological polar surface area (TPSA) is 57.4 Å². The minimum Gasteiger partial charge on any atom is -0.486 e. The lowest BCUT2D eigenvalue weighted by Crippen LogP contribution is -2.15. The van der Waals surface area contributed by atoms with E-state index in [-0.39, 0.29) is 0 Å². The van der Waals surface area contributed by atoms with Gasteiger partial charge in [0, 0.05) is 9.79 Å². The molecular weight excluding hydrogens is 304 g/mol. The monoisotopic (exact) mass is 316 g/mol. The maximum atomic E-state index is 6.22. The molecule has 1 aromatic heterocycles. The first-order valence-electron chi connectivity index (χ1n) is 6.50. The average Bonchev–Trinajstić information content (AvgIpc) is 2.99. The SMILES string of the molecule is Nc1c(Sc2ccc3c(c2)OCCO3)ccc2scnc12. The summed E-state index contributed by atoms with van der Waals surface area (Å²) in [7, 11) is 0. The maximum Gasteiger partial charge on any atom is 0.162 e. The second kappa shape index (κ2) is 5.13. The Morgan fingerprint density at radius 2 is 1.95 bits per heavy atom. The van der Waals surface area contributed by atoms with Crippen molar-refractivity contribution in [3.05, 3.63) is 35.8 Å². The van der Waals surface area contributed by atoms with E-state index in [1.165, 1.54) is 0 Å². The van der Waals surface area contributed by atoms with Crippen LogP contribution in [0.15, 0.2) is 45.6 Å². The molecule has 0 bridgehead atoms. The molecule has 2 N–H and O–H groups in total. The molecule has 3 aromatic rings. The molecule has 106 valence electrons. The Kier molecular flexibility index (Phi) is 3.12. The molecule has 0 atom stereocenters. The molecule has 21 heavy (non-hydrogen) atoms. The quantitative estimate of drug-likeness (QED) is 0.729. The summed E-state index contributed by atoms with van der Waals surface area (Å²) in [4.78, 5) is 6.40. The minimum atomic E-state index is 0.591. The number of rotatable bonds is 2. The highest BCUT2D eigenvalue weighted by Crippen LogP contribution is 2.40. The summed E-state index contributed by atoms with van der Waals surface area (Å²) in [6.45, 7) is 1.20. The molecule has 0 saturated carbocycles. The third-order valence-electron chi connectivity index (χ3n) is 3.24. The van der Waals surface area contributed by atoms with Crippen LogP contribution in [0, 0.1) is 0 Å². The van der Waals surface area contributed by atoms with Gasteiger partial charge in [0.15, 0.2) is 11.5 Å². The normalized spacial score (nSPS) is 13.5. The van der Waals surface area contributed by atoms with E-state index in [1.807, 2.05) is 29.8 Å². The van der Waals surface area contributed by atoms with E-state index in [9.17, 15) is 0 Å². The minimum absolute atomic E-state index is 0.591. The number of anilines is 1. The molecule has 0 saturated heterocycles. The van der Waals surface area contributed by atoms with Gasteiger partial charge in [-0.3, -0.25) is 0 Å². The van der Waals surface area contributed by atoms with Gasteiger partial charge < -0.3 is 15.2 Å². The van der Waals surface area contributed by atoms with Crippen molar-refractivity contribution in [2.45, 2.75) is 9.79 Å². The van der Waals surface area contributed by atoms with Crippen molar-refractivity contribution < 1.29 is 9.47 Å². The molecule has 2 aromatic carbocycles. The van der Waals surface area contributed by atoms with E-state index in [0.717, 1.165) is 37.2 Å². The molecule has 0 unspecified atom stereocenters. The number of ether oxygens (including phenoxy) is 2. The van der Waals surface area contributed by atoms with Crippen LogP contribution in [0.25, 0.3) is 10.2 Å². The lowest BCUT2D eigenvalue weighted by atomic mass is 10.3. The largest absolute Gasteiger partial charge is 0.486 e. The maximum absolute atomic E-state index is 6.22. The molecular formula is C15H12N2O2S2. The van der Waals surface area contributed by atoms with Crippen LogP contribution in [0.5, 0.6) is 11.5 Å². The van der Waals surface area contributed by atoms with Gasteiger partial charge in [-0.25, -0.2) is 4.98 Å². The predicted octanol–water partition coefficient (Wildman–Crippen LogP) is 3.80. The van der Waals surface area contributed by atoms with Gasteiger partial charge >= 0.3 is 0 Å². The van der Waals surface area contributed by atoms with E-state index in [2.05, 4.69) is 11.1 Å². The Morgan fingerprint density at radius 3 is 2.86 bits per heavy atom. The first-order chi connectivity index (χ1) is 10.3. The van der Waals surface area contributed by atoms with Crippen molar-refractivity contribution in [2.75, 3.05) is 18.9 Å². The highest BCUT2D eigenvalue weighted by Gasteiger charge is 2.13. The Hall–Kier alpha value is -1.92. The van der Waals surface area contributed by atoms with E-state index in [1.54, 1.807) is 23.1 Å². The molecule has 0 fully saturated rings. The van der Waals surface area contributed by atoms with Gasteiger partial charge in [-0.15, -0.1) is 11.3 Å². The number of nitrogen functional groups attached to an aromatic ring is 1. The summed E-state index contributed by atoms with van der Waals surface area (Å²) in [6, 6.07) is 10.0. The number of thiazole rings is 1. The third kappa shape index (κ3) is 2.30. The predicted molar refractivity (Wildman–Crippen MR) is 85.6 cm³/mol. The fourth-order valence-electron chi connectivity index (χ4n) is 2.24. The van der Waals surface area contributed by atoms with Gasteiger partial charge in [-0.05, 0) is 30.3 Å². The van der Waals surface area contributed by atoms with Crippen molar-refractivity contribution in [3.63, 3.8) is 0 Å². The van der Waals surface area contributed by atoms with Crippen LogP contribution >= 0.6 is 23.1 Å². The number of benzene rings is 2. The summed E-state index contributed by atoms with van der Waals surface area (Å²) >= 11 is 3.21. The van der Waals surface area contributed by atoms with Crippen LogP contribution in [0.2, 0.25) is 0 Å². The summed E-state index contributed by atoms with van der Waals surface area (Å²) in [5.74, 6) is 1.59. The molecule has 0 spiro atoms. The van der Waals surface area contributed by atoms with Crippen LogP contribution in [0.3, 0.4) is 0 Å². The lowest BCUT2D eigenvalue weighted by molar-refractivity contribution is 0.171. The number of nitrogens with zero attached hydrogens (tertiary/aromatic N) is 1. The molecule has 2 heterocycles. The molecule has 4 nitrogen and oxygen atoms in total. The fourth-order valence-corrected chi connectivity index (χ4v) is 3.83. The van der Waals surface area contributed by atoms with Crippen molar-refractivity contribution in [2.24, 2.45) is 0 Å². The van der Waals surface area contributed by atoms with Gasteiger partial charge in [-0.1, -0.05) is 11.8 Å². The molecule has 1 aliphatic rings. The molecule has 4 rings (SSSR count). The Morgan fingerprint density at radius 1 is 1.10 bits per heavy atom. The van der Waals surface area contributed by atoms with Crippen LogP contribution in [-0.4, -0.2) is 18.2 Å². The van der Waals surface area contributed by atoms with Gasteiger partial charge in [-0.2, -0.15) is 0 Å². The highest BCUT2D eigenvalue weighted by molar-refractivity contribution is 7.99. The number of fused-ring (bicyclic) bond motifs is 2. The number of hydrogen-bond donors (Lipinski definition) is 1. The van der Waals surface area contributed by atoms with Crippen LogP contribution in [0.4, 0.5) is 5.69 Å². The second-order valence-corrected chi connectivity index (χ2v) is 6.59. The summed E-state index contributed by atoms with van der Waals surface area (Å²) in [5.41, 5.74) is 9.64. The van der Waals surface area contributed by atoms with Crippen molar-refractivity contribution >= 4 is 39.0 Å². The lowest BCUT2D eigenvalue weighted by Gasteiger charge is -2.18. The molecule has 1 aliphatic heterocycles. The van der Waals surface area contributed by atoms with Gasteiger partial charge in [0.05, 0.1) is 15.9 Å².